The summed E-state index contributed by atoms with van der Waals surface area (Å²) < 4.78 is 10.4. The Bertz CT molecular complexity index is 928. The van der Waals surface area contributed by atoms with E-state index in [-0.39, 0.29) is 12.0 Å². The molecule has 8 heteroatoms. The van der Waals surface area contributed by atoms with Crippen molar-refractivity contribution in [2.24, 2.45) is 0 Å². The Morgan fingerprint density at radius 1 is 0.871 bits per heavy atom. The van der Waals surface area contributed by atoms with Gasteiger partial charge in [-0.3, -0.25) is 4.79 Å². The van der Waals surface area contributed by atoms with Crippen molar-refractivity contribution in [1.29, 1.82) is 0 Å². The molecule has 0 bridgehead atoms. The molecule has 0 aliphatic heterocycles. The van der Waals surface area contributed by atoms with Crippen molar-refractivity contribution >= 4 is 28.9 Å². The van der Waals surface area contributed by atoms with Gasteiger partial charge in [0.1, 0.15) is 0 Å². The van der Waals surface area contributed by atoms with Crippen molar-refractivity contribution in [2.75, 3.05) is 0 Å². The van der Waals surface area contributed by atoms with Crippen LogP contribution in [0.1, 0.15) is 53.1 Å². The minimum Gasteiger partial charge on any atom is -0.446 e. The van der Waals surface area contributed by atoms with E-state index in [4.69, 9.17) is 9.47 Å². The number of carbonyl (C=O) groups is 3. The third kappa shape index (κ3) is 6.87. The first-order chi connectivity index (χ1) is 14.6. The van der Waals surface area contributed by atoms with Crippen molar-refractivity contribution in [3.05, 3.63) is 48.0 Å². The lowest BCUT2D eigenvalue weighted by atomic mass is 9.97. The fourth-order valence-electron chi connectivity index (χ4n) is 3.16. The minimum atomic E-state index is -0.789. The van der Waals surface area contributed by atoms with Crippen LogP contribution < -0.4 is 10.7 Å². The maximum Gasteiger partial charge on any atom is 0.429 e. The predicted molar refractivity (Wildman–Crippen MR) is 118 cm³/mol. The summed E-state index contributed by atoms with van der Waals surface area (Å²) >= 11 is 0. The Hall–Kier alpha value is -3.29. The smallest absolute Gasteiger partial charge is 0.429 e. The highest BCUT2D eigenvalue weighted by Gasteiger charge is 2.33. The van der Waals surface area contributed by atoms with Crippen LogP contribution in [0.3, 0.4) is 0 Å². The van der Waals surface area contributed by atoms with E-state index < -0.39 is 30.4 Å². The van der Waals surface area contributed by atoms with Crippen molar-refractivity contribution in [1.82, 2.24) is 15.8 Å². The normalized spacial score (nSPS) is 12.9. The standard InChI is InChI=1S/C23H31N3O5/c1-14(2)30-22(28)25-26(23(29)31-15(3)4)16(5)21(24-17(6)27)20-12-11-18-9-7-8-10-19(18)13-20/h7-16,21H,1-6H3,(H,24,27)(H,25,28)/t16-,21+/m0/s1. The number of nitrogens with one attached hydrogen (secondary N) is 2. The third-order valence-electron chi connectivity index (χ3n) is 4.47. The van der Waals surface area contributed by atoms with E-state index in [0.29, 0.717) is 0 Å². The Balaban J connectivity index is 2.41. The molecule has 0 spiro atoms. The predicted octanol–water partition coefficient (Wildman–Crippen LogP) is 4.30. The van der Waals surface area contributed by atoms with Crippen molar-refractivity contribution < 1.29 is 23.9 Å². The topological polar surface area (TPSA) is 97.0 Å². The molecule has 0 aliphatic rings. The minimum absolute atomic E-state index is 0.271. The number of hydrogen-bond donors (Lipinski definition) is 2. The van der Waals surface area contributed by atoms with Crippen molar-refractivity contribution in [3.63, 3.8) is 0 Å². The highest BCUT2D eigenvalue weighted by molar-refractivity contribution is 5.83. The van der Waals surface area contributed by atoms with Crippen molar-refractivity contribution in [2.45, 2.75) is 65.8 Å². The zero-order valence-electron chi connectivity index (χ0n) is 18.8. The highest BCUT2D eigenvalue weighted by atomic mass is 16.6. The first-order valence-corrected chi connectivity index (χ1v) is 10.3. The van der Waals surface area contributed by atoms with Gasteiger partial charge in [0, 0.05) is 6.92 Å². The lowest BCUT2D eigenvalue weighted by Crippen LogP contribution is -2.56. The Kier molecular flexibility index (Phi) is 8.24. The summed E-state index contributed by atoms with van der Waals surface area (Å²) in [5, 5.41) is 5.98. The molecule has 3 amide bonds. The number of nitrogens with zero attached hydrogens (tertiary/aromatic N) is 1. The molecule has 8 nitrogen and oxygen atoms in total. The Morgan fingerprint density at radius 2 is 1.48 bits per heavy atom. The molecule has 2 rings (SSSR count). The second-order valence-corrected chi connectivity index (χ2v) is 7.89. The van der Waals surface area contributed by atoms with Gasteiger partial charge in [0.2, 0.25) is 5.91 Å². The van der Waals surface area contributed by atoms with Gasteiger partial charge in [0.25, 0.3) is 0 Å². The fraction of sp³-hybridized carbons (Fsp3) is 0.435. The summed E-state index contributed by atoms with van der Waals surface area (Å²) in [6.07, 6.45) is -2.31. The van der Waals surface area contributed by atoms with Crippen LogP contribution >= 0.6 is 0 Å². The monoisotopic (exact) mass is 429 g/mol. The van der Waals surface area contributed by atoms with Crippen LogP contribution in [-0.2, 0) is 14.3 Å². The first kappa shape index (κ1) is 24.0. The number of carbonyl (C=O) groups excluding carboxylic acids is 3. The van der Waals surface area contributed by atoms with Gasteiger partial charge in [0.05, 0.1) is 24.3 Å². The van der Waals surface area contributed by atoms with Gasteiger partial charge in [-0.2, -0.15) is 0 Å². The molecule has 0 saturated heterocycles. The molecule has 168 valence electrons. The van der Waals surface area contributed by atoms with Crippen LogP contribution in [0, 0.1) is 0 Å². The van der Waals surface area contributed by atoms with Crippen LogP contribution in [0.15, 0.2) is 42.5 Å². The van der Waals surface area contributed by atoms with Crippen LogP contribution in [0.4, 0.5) is 9.59 Å². The average molecular weight is 430 g/mol. The van der Waals surface area contributed by atoms with Gasteiger partial charge < -0.3 is 14.8 Å². The van der Waals surface area contributed by atoms with Gasteiger partial charge in [0.15, 0.2) is 0 Å². The number of hydrazine groups is 1. The van der Waals surface area contributed by atoms with Crippen LogP contribution in [0.2, 0.25) is 0 Å². The molecule has 2 N–H and O–H groups in total. The largest absolute Gasteiger partial charge is 0.446 e. The summed E-state index contributed by atoms with van der Waals surface area (Å²) in [7, 11) is 0. The summed E-state index contributed by atoms with van der Waals surface area (Å²) in [5.41, 5.74) is 3.24. The maximum atomic E-state index is 12.8. The van der Waals surface area contributed by atoms with Gasteiger partial charge in [-0.05, 0) is 57.0 Å². The SMILES string of the molecule is CC(=O)N[C@@H](c1ccc2ccccc2c1)[C@H](C)N(NC(=O)OC(C)C)C(=O)OC(C)C. The first-order valence-electron chi connectivity index (χ1n) is 10.3. The third-order valence-corrected chi connectivity index (χ3v) is 4.47. The van der Waals surface area contributed by atoms with E-state index in [1.54, 1.807) is 34.6 Å². The quantitative estimate of drug-likeness (QED) is 0.667. The Morgan fingerprint density at radius 3 is 2.06 bits per heavy atom. The number of amides is 3. The van der Waals surface area contributed by atoms with Crippen LogP contribution in [0.25, 0.3) is 10.8 Å². The molecule has 0 aromatic heterocycles. The highest BCUT2D eigenvalue weighted by Crippen LogP contribution is 2.25. The number of benzene rings is 2. The van der Waals surface area contributed by atoms with Gasteiger partial charge in [-0.25, -0.2) is 20.0 Å². The van der Waals surface area contributed by atoms with E-state index in [1.807, 2.05) is 42.5 Å². The van der Waals surface area contributed by atoms with E-state index in [9.17, 15) is 14.4 Å². The summed E-state index contributed by atoms with van der Waals surface area (Å²) in [6.45, 7) is 9.94. The lowest BCUT2D eigenvalue weighted by molar-refractivity contribution is -0.120. The lowest BCUT2D eigenvalue weighted by Gasteiger charge is -2.34. The molecule has 0 unspecified atom stereocenters. The molecule has 0 heterocycles. The number of rotatable bonds is 6. The second-order valence-electron chi connectivity index (χ2n) is 7.89. The molecular formula is C23H31N3O5. The van der Waals surface area contributed by atoms with Crippen LogP contribution in [0.5, 0.6) is 0 Å². The molecule has 0 saturated carbocycles. The molecule has 2 aromatic rings. The number of fused-ring (bicyclic) bond motifs is 1. The van der Waals surface area contributed by atoms with E-state index in [1.165, 1.54) is 6.92 Å². The molecule has 0 fully saturated rings. The average Bonchev–Trinajstić information content (AvgIpc) is 2.68. The molecule has 0 aliphatic carbocycles. The summed E-state index contributed by atoms with van der Waals surface area (Å²) in [6, 6.07) is 12.3. The van der Waals surface area contributed by atoms with E-state index in [2.05, 4.69) is 10.7 Å². The van der Waals surface area contributed by atoms with Gasteiger partial charge >= 0.3 is 12.2 Å². The summed E-state index contributed by atoms with van der Waals surface area (Å²) in [4.78, 5) is 37.0. The van der Waals surface area contributed by atoms with Gasteiger partial charge in [-0.15, -0.1) is 0 Å². The van der Waals surface area contributed by atoms with Gasteiger partial charge in [-0.1, -0.05) is 36.4 Å². The van der Waals surface area contributed by atoms with Crippen molar-refractivity contribution in [3.8, 4) is 0 Å². The molecular weight excluding hydrogens is 398 g/mol. The number of hydrogen-bond acceptors (Lipinski definition) is 5. The second kappa shape index (κ2) is 10.7. The van der Waals surface area contributed by atoms with Crippen LogP contribution in [-0.4, -0.2) is 41.4 Å². The zero-order chi connectivity index (χ0) is 23.1. The Labute approximate surface area is 182 Å². The summed E-state index contributed by atoms with van der Waals surface area (Å²) in [5.74, 6) is -0.271. The molecule has 31 heavy (non-hydrogen) atoms. The molecule has 0 radical (unpaired) electrons. The maximum absolute atomic E-state index is 12.8. The zero-order valence-corrected chi connectivity index (χ0v) is 18.8. The molecule has 2 aromatic carbocycles. The molecule has 2 atom stereocenters. The number of ether oxygens (including phenoxy) is 2. The van der Waals surface area contributed by atoms with E-state index in [0.717, 1.165) is 21.3 Å². The fourth-order valence-corrected chi connectivity index (χ4v) is 3.16. The van der Waals surface area contributed by atoms with E-state index >= 15 is 0 Å².